The summed E-state index contributed by atoms with van der Waals surface area (Å²) < 4.78 is 0. The van der Waals surface area contributed by atoms with Crippen LogP contribution in [0.5, 0.6) is 0 Å². The van der Waals surface area contributed by atoms with Gasteiger partial charge in [-0.1, -0.05) is 38.1 Å². The van der Waals surface area contributed by atoms with Crippen LogP contribution in [0.2, 0.25) is 0 Å². The molecule has 4 heterocycles. The molecule has 20 heteroatoms. The Balaban J connectivity index is -0.000000295. The Kier molecular flexibility index (Phi) is 39.3. The number of hydrogen-bond acceptors (Lipinski definition) is 6. The van der Waals surface area contributed by atoms with Crippen molar-refractivity contribution < 1.29 is 34.1 Å². The first-order chi connectivity index (χ1) is 22.4. The second-order valence-electron chi connectivity index (χ2n) is 8.25. The second kappa shape index (κ2) is 38.0. The summed E-state index contributed by atoms with van der Waals surface area (Å²) in [6, 6.07) is 24.1. The van der Waals surface area contributed by atoms with Crippen LogP contribution in [0.25, 0.3) is 63.9 Å². The summed E-state index contributed by atoms with van der Waals surface area (Å²) in [5.74, 6) is 0. The molecule has 4 aromatic rings. The smallest absolute Gasteiger partial charge is 0.373 e. The average Bonchev–Trinajstić information content (AvgIpc) is 3.08. The van der Waals surface area contributed by atoms with Gasteiger partial charge in [0.25, 0.3) is 0 Å². The van der Waals surface area contributed by atoms with Gasteiger partial charge in [-0.15, -0.1) is 0 Å². The van der Waals surface area contributed by atoms with Gasteiger partial charge in [-0.05, 0) is 61.6 Å². The quantitative estimate of drug-likeness (QED) is 0.0665. The van der Waals surface area contributed by atoms with E-state index in [0.717, 1.165) is 62.0 Å². The predicted molar refractivity (Wildman–Crippen MR) is 177 cm³/mol. The Labute approximate surface area is 300 Å². The van der Waals surface area contributed by atoms with Crippen LogP contribution < -0.4 is 0 Å². The van der Waals surface area contributed by atoms with E-state index >= 15 is 0 Å². The second-order valence-corrected chi connectivity index (χ2v) is 8.25. The third-order valence-corrected chi connectivity index (χ3v) is 5.34. The Morgan fingerprint density at radius 2 is 0.604 bits per heavy atom. The topological polar surface area (TPSA) is 293 Å². The number of nitrogens with zero attached hydrogens (tertiary/aromatic N) is 18. The van der Waals surface area contributed by atoms with Crippen molar-refractivity contribution in [3.8, 4) is 0 Å². The van der Waals surface area contributed by atoms with Crippen molar-refractivity contribution in [3.05, 3.63) is 184 Å². The Bertz CT molecular complexity index is 1190. The van der Waals surface area contributed by atoms with E-state index in [1.54, 1.807) is 0 Å². The molecule has 0 bridgehead atoms. The molecule has 48 heavy (non-hydrogen) atoms. The van der Waals surface area contributed by atoms with Crippen molar-refractivity contribution in [2.24, 2.45) is 0 Å². The van der Waals surface area contributed by atoms with Crippen LogP contribution in [0.1, 0.15) is 36.6 Å². The van der Waals surface area contributed by atoms with Gasteiger partial charge in [-0.3, -0.25) is 49.4 Å². The van der Waals surface area contributed by atoms with E-state index in [1.807, 2.05) is 73.3 Å². The van der Waals surface area contributed by atoms with Crippen LogP contribution in [0.4, 0.5) is 0 Å². The fourth-order valence-electron chi connectivity index (χ4n) is 3.44. The molecule has 0 atom stereocenters. The van der Waals surface area contributed by atoms with E-state index in [2.05, 4.69) is 67.8 Å². The van der Waals surface area contributed by atoms with Crippen LogP contribution in [-0.2, 0) is 60.3 Å². The molecule has 0 aliphatic heterocycles. The fourth-order valence-corrected chi connectivity index (χ4v) is 3.44. The van der Waals surface area contributed by atoms with E-state index < -0.39 is 0 Å². The maximum atomic E-state index is 6.75. The normalized spacial score (nSPS) is 8.25. The summed E-state index contributed by atoms with van der Waals surface area (Å²) in [7, 11) is 0. The van der Waals surface area contributed by atoms with Crippen molar-refractivity contribution in [1.82, 2.24) is 29.7 Å². The van der Waals surface area contributed by atoms with Crippen molar-refractivity contribution in [2.75, 3.05) is 13.1 Å². The molecule has 0 aliphatic rings. The third kappa shape index (κ3) is 29.5. The van der Waals surface area contributed by atoms with Crippen LogP contribution >= 0.6 is 0 Å². The van der Waals surface area contributed by atoms with Gasteiger partial charge in [-0.25, -0.2) is 0 Å². The molecule has 4 rings (SSSR count). The summed E-state index contributed by atoms with van der Waals surface area (Å²) in [4.78, 5) is 28.0. The Morgan fingerprint density at radius 3 is 0.729 bits per heavy atom. The van der Waals surface area contributed by atoms with E-state index in [9.17, 15) is 0 Å². The molecule has 2 radical (unpaired) electrons. The molecule has 0 spiro atoms. The van der Waals surface area contributed by atoms with Crippen molar-refractivity contribution >= 4 is 0 Å². The summed E-state index contributed by atoms with van der Waals surface area (Å²) in [6.07, 6.45) is 7.35. The molecule has 0 N–H and O–H groups in total. The number of pyridine rings is 4. The minimum atomic E-state index is 0. The molecule has 0 aromatic carbocycles. The van der Waals surface area contributed by atoms with Gasteiger partial charge >= 0.3 is 34.1 Å². The minimum absolute atomic E-state index is 0. The van der Waals surface area contributed by atoms with Crippen molar-refractivity contribution in [3.63, 3.8) is 0 Å². The number of hydrogen-bond donors (Lipinski definition) is 0. The molecule has 0 saturated carbocycles. The van der Waals surface area contributed by atoms with Gasteiger partial charge in [0.05, 0.1) is 22.8 Å². The summed E-state index contributed by atoms with van der Waals surface area (Å²) in [6.45, 7) is 9.78. The Hall–Kier alpha value is -5.20. The Morgan fingerprint density at radius 1 is 0.417 bits per heavy atom. The van der Waals surface area contributed by atoms with Crippen LogP contribution in [0.15, 0.2) is 97.6 Å². The largest absolute Gasteiger partial charge is 2.00 e. The van der Waals surface area contributed by atoms with E-state index in [-0.39, 0.29) is 34.1 Å². The van der Waals surface area contributed by atoms with Crippen LogP contribution in [0, 0.1) is 0 Å². The molecular formula is C28H34Mn2N18. The molecule has 0 amide bonds. The summed E-state index contributed by atoms with van der Waals surface area (Å²) in [5, 5.41) is 0. The van der Waals surface area contributed by atoms with E-state index in [4.69, 9.17) is 44.2 Å². The molecule has 0 unspecified atom stereocenters. The molecule has 18 nitrogen and oxygen atoms in total. The first-order valence-electron chi connectivity index (χ1n) is 13.4. The fraction of sp³-hybridized carbons (Fsp3) is 0.286. The molecule has 4 aromatic heterocycles. The maximum absolute atomic E-state index is 6.75. The van der Waals surface area contributed by atoms with Gasteiger partial charge in [-0.2, -0.15) is 0 Å². The maximum Gasteiger partial charge on any atom is 2.00 e. The monoisotopic (exact) mass is 732 g/mol. The van der Waals surface area contributed by atoms with Gasteiger partial charge in [0.15, 0.2) is 0 Å². The van der Waals surface area contributed by atoms with Crippen LogP contribution in [0.3, 0.4) is 0 Å². The first-order valence-corrected chi connectivity index (χ1v) is 13.4. The van der Waals surface area contributed by atoms with Crippen LogP contribution in [-0.4, -0.2) is 42.8 Å². The number of rotatable bonds is 10. The molecule has 0 fully saturated rings. The van der Waals surface area contributed by atoms with E-state index in [0.29, 0.717) is 0 Å². The number of aromatic nitrogens is 4. The molecule has 0 aliphatic carbocycles. The van der Waals surface area contributed by atoms with Crippen molar-refractivity contribution in [1.29, 1.82) is 0 Å². The SMILES string of the molecule is CCN(Cc1ccccn1)Cc1ccccn1.CCN(Cc1ccccn1)Cc1ccccn1.[Mn+2].[Mn+2].[N-]=[N+]=[N-].[N-]=[N+]=[N-].[N-]=[N+]=[N-].[N-]=[N+]=[N-]. The zero-order valence-corrected chi connectivity index (χ0v) is 28.6. The first kappa shape index (κ1) is 49.7. The van der Waals surface area contributed by atoms with E-state index in [1.165, 1.54) is 19.6 Å². The van der Waals surface area contributed by atoms with Gasteiger partial charge in [0.1, 0.15) is 0 Å². The molecular weight excluding hydrogens is 698 g/mol. The molecule has 250 valence electrons. The third-order valence-electron chi connectivity index (χ3n) is 5.34. The standard InChI is InChI=1S/2C14H17N3.2Mn.4N3/c2*1-2-17(11-13-7-3-5-9-15-13)12-14-8-4-6-10-16-14;;;4*1-3-2/h2*3-10H,2,11-12H2,1H3;;;;;;/q;;2*+2;4*-1. The summed E-state index contributed by atoms with van der Waals surface area (Å²) in [5.41, 5.74) is 58.4. The van der Waals surface area contributed by atoms with Gasteiger partial charge in [0, 0.05) is 51.0 Å². The summed E-state index contributed by atoms with van der Waals surface area (Å²) >= 11 is 0. The zero-order valence-electron chi connectivity index (χ0n) is 26.3. The predicted octanol–water partition coefficient (Wildman–Crippen LogP) is 8.46. The van der Waals surface area contributed by atoms with Gasteiger partial charge in [0.2, 0.25) is 0 Å². The zero-order chi connectivity index (χ0) is 34.7. The molecule has 0 saturated heterocycles. The van der Waals surface area contributed by atoms with Gasteiger partial charge < -0.3 is 44.2 Å². The minimum Gasteiger partial charge on any atom is -0.373 e. The average molecular weight is 733 g/mol. The van der Waals surface area contributed by atoms with Crippen molar-refractivity contribution in [2.45, 2.75) is 40.0 Å².